The zero-order chi connectivity index (χ0) is 45.3. The van der Waals surface area contributed by atoms with Gasteiger partial charge in [0.2, 0.25) is 0 Å². The number of furan rings is 1. The molecule has 0 radical (unpaired) electrons. The molecule has 0 unspecified atom stereocenters. The standard InChI is InChI=1S/C62H41N5O/c1-62(2)51-26-12-11-25-48(51)49-30-27-46(36-52(49)62)59-63-53(39-16-5-3-6-17-39)37-54(64-59)43-22-13-20-41(33-43)42-21-14-23-44(34-42)60-65-58(40-18-7-4-8-19-40)66-61(67-60)45-29-31-55-50(35-45)57-47-24-10-9-15-38(47)28-32-56(57)68-55/h3-37H,1-2H3. The number of aromatic nitrogens is 5. The normalized spacial score (nSPS) is 12.7. The van der Waals surface area contributed by atoms with Gasteiger partial charge in [0.05, 0.1) is 11.4 Å². The Morgan fingerprint density at radius 1 is 0.324 bits per heavy atom. The van der Waals surface area contributed by atoms with Crippen LogP contribution in [0, 0.1) is 0 Å². The molecule has 0 fully saturated rings. The molecule has 1 aliphatic carbocycles. The number of hydrogen-bond acceptors (Lipinski definition) is 6. The topological polar surface area (TPSA) is 77.6 Å². The van der Waals surface area contributed by atoms with Crippen LogP contribution in [-0.4, -0.2) is 24.9 Å². The third kappa shape index (κ3) is 6.68. The van der Waals surface area contributed by atoms with Gasteiger partial charge >= 0.3 is 0 Å². The van der Waals surface area contributed by atoms with Crippen molar-refractivity contribution in [1.29, 1.82) is 0 Å². The number of rotatable bonds is 7. The van der Waals surface area contributed by atoms with Gasteiger partial charge in [-0.3, -0.25) is 0 Å². The second kappa shape index (κ2) is 15.6. The smallest absolute Gasteiger partial charge is 0.164 e. The van der Waals surface area contributed by atoms with E-state index in [0.29, 0.717) is 23.3 Å². The molecular weight excluding hydrogens is 831 g/mol. The van der Waals surface area contributed by atoms with Gasteiger partial charge in [-0.2, -0.15) is 0 Å². The SMILES string of the molecule is CC1(C)c2ccccc2-c2ccc(-c3nc(-c4ccccc4)cc(-c4cccc(-c5cccc(-c6nc(-c7ccccc7)nc(-c7ccc8oc9ccc%10ccccc%10c9c8c7)n6)c5)c4)n3)cc21. The molecule has 6 heteroatoms. The first-order chi connectivity index (χ1) is 33.4. The van der Waals surface area contributed by atoms with E-state index in [1.165, 1.54) is 22.3 Å². The van der Waals surface area contributed by atoms with Crippen LogP contribution in [0.15, 0.2) is 217 Å². The van der Waals surface area contributed by atoms with Crippen molar-refractivity contribution in [2.45, 2.75) is 19.3 Å². The molecule has 0 aliphatic heterocycles. The first-order valence-corrected chi connectivity index (χ1v) is 23.0. The lowest BCUT2D eigenvalue weighted by atomic mass is 9.82. The van der Waals surface area contributed by atoms with E-state index in [1.54, 1.807) is 0 Å². The molecule has 1 aliphatic rings. The minimum Gasteiger partial charge on any atom is -0.456 e. The van der Waals surface area contributed by atoms with Crippen LogP contribution in [0.1, 0.15) is 25.0 Å². The zero-order valence-corrected chi connectivity index (χ0v) is 37.4. The van der Waals surface area contributed by atoms with Crippen LogP contribution in [0.4, 0.5) is 0 Å². The van der Waals surface area contributed by atoms with Crippen molar-refractivity contribution in [2.24, 2.45) is 0 Å². The maximum atomic E-state index is 6.35. The fourth-order valence-corrected chi connectivity index (χ4v) is 10.1. The average Bonchev–Trinajstić information content (AvgIpc) is 3.90. The summed E-state index contributed by atoms with van der Waals surface area (Å²) >= 11 is 0. The van der Waals surface area contributed by atoms with Gasteiger partial charge in [0.1, 0.15) is 11.2 Å². The first-order valence-electron chi connectivity index (χ1n) is 23.0. The lowest BCUT2D eigenvalue weighted by molar-refractivity contribution is 0.660. The summed E-state index contributed by atoms with van der Waals surface area (Å²) in [6.07, 6.45) is 0. The van der Waals surface area contributed by atoms with Crippen LogP contribution in [0.3, 0.4) is 0 Å². The molecule has 68 heavy (non-hydrogen) atoms. The lowest BCUT2D eigenvalue weighted by Gasteiger charge is -2.21. The fraction of sp³-hybridized carbons (Fsp3) is 0.0484. The number of hydrogen-bond donors (Lipinski definition) is 0. The van der Waals surface area contributed by atoms with E-state index in [4.69, 9.17) is 29.3 Å². The Morgan fingerprint density at radius 3 is 1.63 bits per heavy atom. The molecule has 6 nitrogen and oxygen atoms in total. The van der Waals surface area contributed by atoms with E-state index >= 15 is 0 Å². The summed E-state index contributed by atoms with van der Waals surface area (Å²) in [4.78, 5) is 25.9. The zero-order valence-electron chi connectivity index (χ0n) is 37.4. The minimum atomic E-state index is -0.143. The second-order valence-corrected chi connectivity index (χ2v) is 18.1. The summed E-state index contributed by atoms with van der Waals surface area (Å²) in [5, 5.41) is 4.42. The Labute approximate surface area is 393 Å². The fourth-order valence-electron chi connectivity index (χ4n) is 10.1. The van der Waals surface area contributed by atoms with Crippen molar-refractivity contribution in [3.63, 3.8) is 0 Å². The Morgan fingerprint density at radius 2 is 0.853 bits per heavy atom. The van der Waals surface area contributed by atoms with Crippen molar-refractivity contribution in [3.05, 3.63) is 223 Å². The van der Waals surface area contributed by atoms with Crippen molar-refractivity contribution in [2.75, 3.05) is 0 Å². The molecular formula is C62H41N5O. The predicted octanol–water partition coefficient (Wildman–Crippen LogP) is 15.7. The van der Waals surface area contributed by atoms with Crippen LogP contribution >= 0.6 is 0 Å². The monoisotopic (exact) mass is 871 g/mol. The van der Waals surface area contributed by atoms with Gasteiger partial charge < -0.3 is 4.42 Å². The first kappa shape index (κ1) is 39.5. The van der Waals surface area contributed by atoms with Gasteiger partial charge in [-0.15, -0.1) is 0 Å². The van der Waals surface area contributed by atoms with Crippen LogP contribution in [0.25, 0.3) is 123 Å². The van der Waals surface area contributed by atoms with E-state index in [1.807, 2.05) is 48.5 Å². The Hall–Kier alpha value is -8.87. The van der Waals surface area contributed by atoms with Gasteiger partial charge in [-0.05, 0) is 92.7 Å². The van der Waals surface area contributed by atoms with E-state index < -0.39 is 0 Å². The maximum absolute atomic E-state index is 6.35. The molecule has 0 bridgehead atoms. The summed E-state index contributed by atoms with van der Waals surface area (Å²) in [5.74, 6) is 2.47. The van der Waals surface area contributed by atoms with Crippen LogP contribution in [0.2, 0.25) is 0 Å². The highest BCUT2D eigenvalue weighted by Gasteiger charge is 2.35. The summed E-state index contributed by atoms with van der Waals surface area (Å²) in [6, 6.07) is 73.8. The third-order valence-corrected chi connectivity index (χ3v) is 13.5. The van der Waals surface area contributed by atoms with Crippen molar-refractivity contribution in [3.8, 4) is 90.3 Å². The predicted molar refractivity (Wildman–Crippen MR) is 276 cm³/mol. The maximum Gasteiger partial charge on any atom is 0.164 e. The van der Waals surface area contributed by atoms with Gasteiger partial charge in [0.15, 0.2) is 23.3 Å². The summed E-state index contributed by atoms with van der Waals surface area (Å²) in [7, 11) is 0. The van der Waals surface area contributed by atoms with Crippen LogP contribution < -0.4 is 0 Å². The van der Waals surface area contributed by atoms with Gasteiger partial charge in [-0.1, -0.05) is 178 Å². The largest absolute Gasteiger partial charge is 0.456 e. The summed E-state index contributed by atoms with van der Waals surface area (Å²) in [6.45, 7) is 4.61. The molecule has 0 atom stereocenters. The minimum absolute atomic E-state index is 0.143. The Balaban J connectivity index is 0.902. The molecule has 320 valence electrons. The molecule has 9 aromatic carbocycles. The second-order valence-electron chi connectivity index (χ2n) is 18.1. The van der Waals surface area contributed by atoms with E-state index in [-0.39, 0.29) is 5.41 Å². The van der Waals surface area contributed by atoms with E-state index in [2.05, 4.69) is 178 Å². The van der Waals surface area contributed by atoms with Gasteiger partial charge in [0.25, 0.3) is 0 Å². The van der Waals surface area contributed by atoms with E-state index in [9.17, 15) is 0 Å². The highest BCUT2D eigenvalue weighted by Crippen LogP contribution is 2.49. The molecule has 13 rings (SSSR count). The Kier molecular flexibility index (Phi) is 9.08. The van der Waals surface area contributed by atoms with Crippen molar-refractivity contribution < 1.29 is 4.42 Å². The highest BCUT2D eigenvalue weighted by molar-refractivity contribution is 6.19. The van der Waals surface area contributed by atoms with E-state index in [0.717, 1.165) is 88.6 Å². The molecule has 0 N–H and O–H groups in total. The van der Waals surface area contributed by atoms with Crippen LogP contribution in [0.5, 0.6) is 0 Å². The molecule has 3 heterocycles. The summed E-state index contributed by atoms with van der Waals surface area (Å²) in [5.41, 5.74) is 16.2. The van der Waals surface area contributed by atoms with Gasteiger partial charge in [0, 0.05) is 49.6 Å². The quantitative estimate of drug-likeness (QED) is 0.159. The van der Waals surface area contributed by atoms with Crippen molar-refractivity contribution >= 4 is 32.7 Å². The molecule has 0 saturated carbocycles. The Bertz CT molecular complexity index is 3950. The summed E-state index contributed by atoms with van der Waals surface area (Å²) < 4.78 is 6.35. The number of nitrogens with zero attached hydrogens (tertiary/aromatic N) is 5. The molecule has 0 saturated heterocycles. The molecule has 3 aromatic heterocycles. The van der Waals surface area contributed by atoms with Gasteiger partial charge in [-0.25, -0.2) is 24.9 Å². The molecule has 0 spiro atoms. The average molecular weight is 872 g/mol. The lowest BCUT2D eigenvalue weighted by Crippen LogP contribution is -2.15. The number of fused-ring (bicyclic) bond motifs is 8. The van der Waals surface area contributed by atoms with Crippen LogP contribution in [-0.2, 0) is 5.41 Å². The highest BCUT2D eigenvalue weighted by atomic mass is 16.3. The molecule has 0 amide bonds. The van der Waals surface area contributed by atoms with Crippen molar-refractivity contribution in [1.82, 2.24) is 24.9 Å². The third-order valence-electron chi connectivity index (χ3n) is 13.5. The molecule has 12 aromatic rings. The number of benzene rings is 9.